The van der Waals surface area contributed by atoms with Crippen LogP contribution in [0.5, 0.6) is 0 Å². The SMILES string of the molecule is CC1(C)C2CCC1(C)[C@@H](Cl)C2. The van der Waals surface area contributed by atoms with E-state index in [2.05, 4.69) is 20.8 Å². The van der Waals surface area contributed by atoms with Crippen molar-refractivity contribution in [2.45, 2.75) is 45.4 Å². The maximum Gasteiger partial charge on any atom is 0.0397 e. The van der Waals surface area contributed by atoms with Crippen LogP contribution >= 0.6 is 11.6 Å². The Labute approximate surface area is 74.3 Å². The minimum Gasteiger partial charge on any atom is -0.122 e. The predicted octanol–water partition coefficient (Wildman–Crippen LogP) is 3.44. The van der Waals surface area contributed by atoms with Crippen LogP contribution in [0.15, 0.2) is 0 Å². The smallest absolute Gasteiger partial charge is 0.0397 e. The van der Waals surface area contributed by atoms with Gasteiger partial charge in [-0.15, -0.1) is 11.6 Å². The Morgan fingerprint density at radius 2 is 1.91 bits per heavy atom. The summed E-state index contributed by atoms with van der Waals surface area (Å²) < 4.78 is 0. The van der Waals surface area contributed by atoms with Crippen LogP contribution in [0.2, 0.25) is 0 Å². The minimum atomic E-state index is 0.430. The molecule has 0 heterocycles. The van der Waals surface area contributed by atoms with Gasteiger partial charge in [0.15, 0.2) is 0 Å². The molecule has 0 amide bonds. The average Bonchev–Trinajstić information content (AvgIpc) is 2.20. The van der Waals surface area contributed by atoms with Crippen LogP contribution in [0, 0.1) is 16.7 Å². The number of fused-ring (bicyclic) bond motifs is 2. The van der Waals surface area contributed by atoms with Gasteiger partial charge in [0.25, 0.3) is 0 Å². The molecule has 0 aromatic heterocycles. The minimum absolute atomic E-state index is 0.430. The molecule has 0 aromatic rings. The van der Waals surface area contributed by atoms with E-state index in [0.717, 1.165) is 5.92 Å². The molecule has 2 fully saturated rings. The third-order valence-corrected chi connectivity index (χ3v) is 5.35. The second kappa shape index (κ2) is 1.96. The highest BCUT2D eigenvalue weighted by atomic mass is 35.5. The van der Waals surface area contributed by atoms with E-state index in [0.29, 0.717) is 16.2 Å². The zero-order chi connectivity index (χ0) is 8.28. The van der Waals surface area contributed by atoms with E-state index in [1.807, 2.05) is 0 Å². The van der Waals surface area contributed by atoms with Gasteiger partial charge in [-0.25, -0.2) is 0 Å². The third kappa shape index (κ3) is 0.722. The molecule has 0 saturated heterocycles. The van der Waals surface area contributed by atoms with Crippen LogP contribution in [-0.4, -0.2) is 5.38 Å². The van der Waals surface area contributed by atoms with Gasteiger partial charge in [-0.05, 0) is 36.0 Å². The fourth-order valence-corrected chi connectivity index (χ4v) is 3.71. The fourth-order valence-electron chi connectivity index (χ4n) is 3.11. The Morgan fingerprint density at radius 3 is 2.09 bits per heavy atom. The summed E-state index contributed by atoms with van der Waals surface area (Å²) >= 11 is 6.33. The van der Waals surface area contributed by atoms with Crippen LogP contribution < -0.4 is 0 Å². The Kier molecular flexibility index (Phi) is 1.41. The molecule has 2 unspecified atom stereocenters. The highest BCUT2D eigenvalue weighted by Crippen LogP contribution is 2.66. The summed E-state index contributed by atoms with van der Waals surface area (Å²) in [4.78, 5) is 0. The maximum absolute atomic E-state index is 6.33. The van der Waals surface area contributed by atoms with E-state index in [-0.39, 0.29) is 0 Å². The lowest BCUT2D eigenvalue weighted by Gasteiger charge is -2.36. The first kappa shape index (κ1) is 7.91. The lowest BCUT2D eigenvalue weighted by molar-refractivity contribution is 0.155. The number of rotatable bonds is 0. The second-order valence-corrected chi connectivity index (χ2v) is 5.60. The van der Waals surface area contributed by atoms with Crippen molar-refractivity contribution in [1.82, 2.24) is 0 Å². The molecule has 2 saturated carbocycles. The predicted molar refractivity (Wildman–Crippen MR) is 48.9 cm³/mol. The van der Waals surface area contributed by atoms with E-state index >= 15 is 0 Å². The number of hydrogen-bond donors (Lipinski definition) is 0. The molecule has 2 aliphatic carbocycles. The molecular weight excluding hydrogens is 156 g/mol. The standard InChI is InChI=1S/C10H17Cl/c1-9(2)7-4-5-10(9,3)8(11)6-7/h7-8H,4-6H2,1-3H3/t7?,8-,10?/m0/s1. The topological polar surface area (TPSA) is 0 Å². The molecule has 0 aromatic carbocycles. The Morgan fingerprint density at radius 1 is 1.27 bits per heavy atom. The van der Waals surface area contributed by atoms with E-state index in [4.69, 9.17) is 11.6 Å². The first-order valence-corrected chi connectivity index (χ1v) is 5.06. The molecular formula is C10H17Cl. The van der Waals surface area contributed by atoms with Crippen LogP contribution in [0.3, 0.4) is 0 Å². The van der Waals surface area contributed by atoms with Gasteiger partial charge in [-0.1, -0.05) is 20.8 Å². The Bertz CT molecular complexity index is 185. The fraction of sp³-hybridized carbons (Fsp3) is 1.00. The first-order valence-electron chi connectivity index (χ1n) is 4.62. The largest absolute Gasteiger partial charge is 0.122 e. The maximum atomic E-state index is 6.33. The van der Waals surface area contributed by atoms with Crippen LogP contribution in [0.1, 0.15) is 40.0 Å². The van der Waals surface area contributed by atoms with Gasteiger partial charge < -0.3 is 0 Å². The molecule has 2 rings (SSSR count). The molecule has 64 valence electrons. The molecule has 0 N–H and O–H groups in total. The number of hydrogen-bond acceptors (Lipinski definition) is 0. The van der Waals surface area contributed by atoms with E-state index in [9.17, 15) is 0 Å². The summed E-state index contributed by atoms with van der Waals surface area (Å²) in [6.07, 6.45) is 4.01. The lowest BCUT2D eigenvalue weighted by Crippen LogP contribution is -2.32. The van der Waals surface area contributed by atoms with Crippen molar-refractivity contribution < 1.29 is 0 Å². The molecule has 2 aliphatic rings. The zero-order valence-corrected chi connectivity index (χ0v) is 8.41. The van der Waals surface area contributed by atoms with Gasteiger partial charge in [0.05, 0.1) is 0 Å². The highest BCUT2D eigenvalue weighted by Gasteiger charge is 2.60. The zero-order valence-electron chi connectivity index (χ0n) is 7.65. The molecule has 0 radical (unpaired) electrons. The molecule has 0 spiro atoms. The van der Waals surface area contributed by atoms with Gasteiger partial charge in [0, 0.05) is 5.38 Å². The Hall–Kier alpha value is 0.290. The quantitative estimate of drug-likeness (QED) is 0.491. The normalized spacial score (nSPS) is 53.5. The summed E-state index contributed by atoms with van der Waals surface area (Å²) in [5.41, 5.74) is 0.929. The van der Waals surface area contributed by atoms with E-state index < -0.39 is 0 Å². The summed E-state index contributed by atoms with van der Waals surface area (Å²) in [5.74, 6) is 0.898. The van der Waals surface area contributed by atoms with Gasteiger partial charge in [-0.3, -0.25) is 0 Å². The Balaban J connectivity index is 2.40. The monoisotopic (exact) mass is 172 g/mol. The molecule has 11 heavy (non-hydrogen) atoms. The van der Waals surface area contributed by atoms with Crippen molar-refractivity contribution >= 4 is 11.6 Å². The summed E-state index contributed by atoms with van der Waals surface area (Å²) in [7, 11) is 0. The molecule has 3 atom stereocenters. The average molecular weight is 173 g/mol. The number of halogens is 1. The number of alkyl halides is 1. The van der Waals surface area contributed by atoms with Gasteiger partial charge in [0.1, 0.15) is 0 Å². The van der Waals surface area contributed by atoms with Crippen molar-refractivity contribution in [2.75, 3.05) is 0 Å². The second-order valence-electron chi connectivity index (χ2n) is 5.08. The van der Waals surface area contributed by atoms with Crippen molar-refractivity contribution in [3.05, 3.63) is 0 Å². The molecule has 0 aliphatic heterocycles. The lowest BCUT2D eigenvalue weighted by atomic mass is 9.71. The summed E-state index contributed by atoms with van der Waals surface area (Å²) in [6.45, 7) is 7.16. The van der Waals surface area contributed by atoms with Crippen LogP contribution in [0.4, 0.5) is 0 Å². The van der Waals surface area contributed by atoms with Crippen molar-refractivity contribution in [2.24, 2.45) is 16.7 Å². The highest BCUT2D eigenvalue weighted by molar-refractivity contribution is 6.21. The van der Waals surface area contributed by atoms with Crippen molar-refractivity contribution in [3.8, 4) is 0 Å². The summed E-state index contributed by atoms with van der Waals surface area (Å²) in [6, 6.07) is 0. The molecule has 1 heteroatoms. The van der Waals surface area contributed by atoms with Crippen molar-refractivity contribution in [1.29, 1.82) is 0 Å². The van der Waals surface area contributed by atoms with Gasteiger partial charge in [0.2, 0.25) is 0 Å². The van der Waals surface area contributed by atoms with Gasteiger partial charge >= 0.3 is 0 Å². The van der Waals surface area contributed by atoms with Crippen LogP contribution in [-0.2, 0) is 0 Å². The molecule has 2 bridgehead atoms. The van der Waals surface area contributed by atoms with E-state index in [1.54, 1.807) is 0 Å². The molecule has 0 nitrogen and oxygen atoms in total. The first-order chi connectivity index (χ1) is 4.98. The van der Waals surface area contributed by atoms with Crippen molar-refractivity contribution in [3.63, 3.8) is 0 Å². The van der Waals surface area contributed by atoms with E-state index in [1.165, 1.54) is 19.3 Å². The third-order valence-electron chi connectivity index (χ3n) is 4.69. The summed E-state index contributed by atoms with van der Waals surface area (Å²) in [5, 5.41) is 0.441. The van der Waals surface area contributed by atoms with Crippen LogP contribution in [0.25, 0.3) is 0 Å². The van der Waals surface area contributed by atoms with Gasteiger partial charge in [-0.2, -0.15) is 0 Å².